The first-order chi connectivity index (χ1) is 13.1. The summed E-state index contributed by atoms with van der Waals surface area (Å²) in [6, 6.07) is 13.6. The molecule has 0 radical (unpaired) electrons. The summed E-state index contributed by atoms with van der Waals surface area (Å²) in [5.41, 5.74) is 1.89. The molecular weight excluding hydrogens is 455 g/mol. The first-order valence-electron chi connectivity index (χ1n) is 8.47. The van der Waals surface area contributed by atoms with Crippen molar-refractivity contribution in [3.8, 4) is 0 Å². The van der Waals surface area contributed by atoms with E-state index in [0.29, 0.717) is 21.6 Å². The maximum Gasteiger partial charge on any atom is 0.364 e. The second-order valence-corrected chi connectivity index (χ2v) is 6.31. The van der Waals surface area contributed by atoms with Gasteiger partial charge in [0.15, 0.2) is 5.56 Å². The van der Waals surface area contributed by atoms with Crippen LogP contribution in [0.1, 0.15) is 31.1 Å². The highest BCUT2D eigenvalue weighted by Crippen LogP contribution is 2.21. The molecule has 30 heavy (non-hydrogen) atoms. The van der Waals surface area contributed by atoms with Crippen LogP contribution in [-0.4, -0.2) is 48.1 Å². The van der Waals surface area contributed by atoms with E-state index in [1.807, 2.05) is 6.07 Å². The van der Waals surface area contributed by atoms with Crippen LogP contribution in [0, 0.1) is 0 Å². The SMILES string of the molecule is O=C(CN1C(=O)c2ccccc2C1=O)[NH2+]C[NH+]1C=[NH+]c2ccccc2C1=O.[Cl-].[Cl-].[Cl-]. The summed E-state index contributed by atoms with van der Waals surface area (Å²) in [6.45, 7) is -0.208. The normalized spacial score (nSPS) is 16.1. The summed E-state index contributed by atoms with van der Waals surface area (Å²) in [4.78, 5) is 53.8. The van der Waals surface area contributed by atoms with Crippen LogP contribution in [0.5, 0.6) is 0 Å². The van der Waals surface area contributed by atoms with E-state index in [2.05, 4.69) is 4.99 Å². The van der Waals surface area contributed by atoms with E-state index < -0.39 is 17.7 Å². The maximum atomic E-state index is 12.5. The molecule has 0 aliphatic carbocycles. The number of hydrogen-bond donors (Lipinski definition) is 3. The van der Waals surface area contributed by atoms with Gasteiger partial charge in [0.1, 0.15) is 6.54 Å². The van der Waals surface area contributed by atoms with Crippen molar-refractivity contribution in [3.05, 3.63) is 65.2 Å². The van der Waals surface area contributed by atoms with Crippen molar-refractivity contribution < 1.29 is 71.6 Å². The van der Waals surface area contributed by atoms with Gasteiger partial charge in [0.2, 0.25) is 12.4 Å². The molecule has 0 saturated carbocycles. The molecule has 0 bridgehead atoms. The van der Waals surface area contributed by atoms with Crippen LogP contribution in [0.3, 0.4) is 0 Å². The predicted molar refractivity (Wildman–Crippen MR) is 92.0 cm³/mol. The Morgan fingerprint density at radius 3 is 2.00 bits per heavy atom. The van der Waals surface area contributed by atoms with Gasteiger partial charge in [-0.25, -0.2) is 14.9 Å². The van der Waals surface area contributed by atoms with Crippen molar-refractivity contribution >= 4 is 35.7 Å². The standard InChI is InChI=1S/C19H14N4O4.3ClH/c24-16(9-23-18(26)12-5-1-2-6-13(12)19(23)27)21-11-22-10-20-15-8-4-3-7-14(15)17(22)25;;;/h1-8,10H,9,11H2,(H,21,24);3*1H. The van der Waals surface area contributed by atoms with E-state index >= 15 is 0 Å². The topological polar surface area (TPSA) is 107 Å². The number of rotatable bonds is 4. The molecule has 8 nitrogen and oxygen atoms in total. The van der Waals surface area contributed by atoms with Crippen LogP contribution in [0.25, 0.3) is 0 Å². The monoisotopic (exact) mass is 470 g/mol. The molecule has 2 heterocycles. The van der Waals surface area contributed by atoms with E-state index in [1.165, 1.54) is 5.32 Å². The Kier molecular flexibility index (Phi) is 8.83. The summed E-state index contributed by atoms with van der Waals surface area (Å²) in [5, 5.41) is 1.34. The Morgan fingerprint density at radius 2 is 1.40 bits per heavy atom. The molecule has 0 spiro atoms. The summed E-state index contributed by atoms with van der Waals surface area (Å²) in [6.07, 6.45) is 1.58. The molecule has 2 aliphatic rings. The summed E-state index contributed by atoms with van der Waals surface area (Å²) in [7, 11) is 0. The highest BCUT2D eigenvalue weighted by Gasteiger charge is 2.38. The lowest BCUT2D eigenvalue weighted by molar-refractivity contribution is -0.865. The third-order valence-corrected chi connectivity index (χ3v) is 4.61. The largest absolute Gasteiger partial charge is 1.00 e. The van der Waals surface area contributed by atoms with Crippen molar-refractivity contribution in [3.63, 3.8) is 0 Å². The minimum atomic E-state index is -0.471. The molecule has 0 fully saturated rings. The van der Waals surface area contributed by atoms with Gasteiger partial charge in [-0.3, -0.25) is 14.5 Å². The Morgan fingerprint density at radius 1 is 0.867 bits per heavy atom. The number of para-hydroxylation sites is 1. The van der Waals surface area contributed by atoms with Crippen molar-refractivity contribution in [1.82, 2.24) is 4.90 Å². The number of carbonyl (C=O) groups excluding carboxylic acids is 4. The molecule has 4 N–H and O–H groups in total. The fourth-order valence-corrected chi connectivity index (χ4v) is 3.19. The van der Waals surface area contributed by atoms with E-state index in [4.69, 9.17) is 0 Å². The number of imide groups is 1. The molecule has 4 rings (SSSR count). The van der Waals surface area contributed by atoms with Crippen molar-refractivity contribution in [1.29, 1.82) is 0 Å². The average molecular weight is 472 g/mol. The lowest BCUT2D eigenvalue weighted by Gasteiger charge is -2.13. The van der Waals surface area contributed by atoms with Crippen LogP contribution < -0.4 is 52.4 Å². The van der Waals surface area contributed by atoms with Gasteiger partial charge in [0, 0.05) is 6.07 Å². The fraction of sp³-hybridized carbons (Fsp3) is 0.105. The predicted octanol–water partition coefficient (Wildman–Crippen LogP) is -12.2. The molecule has 0 aromatic heterocycles. The highest BCUT2D eigenvalue weighted by molar-refractivity contribution is 6.22. The molecule has 0 saturated heterocycles. The minimum absolute atomic E-state index is 0. The number of amides is 4. The summed E-state index contributed by atoms with van der Waals surface area (Å²) < 4.78 is 0. The smallest absolute Gasteiger partial charge is 0.364 e. The molecule has 11 heteroatoms. The number of halogens is 3. The van der Waals surface area contributed by atoms with E-state index in [1.54, 1.807) is 48.8 Å². The molecule has 158 valence electrons. The average Bonchev–Trinajstić information content (AvgIpc) is 2.93. The zero-order valence-corrected chi connectivity index (χ0v) is 17.7. The summed E-state index contributed by atoms with van der Waals surface area (Å²) in [5.74, 6) is -1.48. The van der Waals surface area contributed by atoms with Gasteiger partial charge < -0.3 is 37.2 Å². The number of fused-ring (bicyclic) bond motifs is 2. The fourth-order valence-electron chi connectivity index (χ4n) is 3.19. The molecule has 2 aliphatic heterocycles. The zero-order chi connectivity index (χ0) is 19.0. The highest BCUT2D eigenvalue weighted by atomic mass is 35.5. The third-order valence-electron chi connectivity index (χ3n) is 4.61. The zero-order valence-electron chi connectivity index (χ0n) is 15.4. The van der Waals surface area contributed by atoms with E-state index in [9.17, 15) is 19.2 Å². The van der Waals surface area contributed by atoms with Gasteiger partial charge >= 0.3 is 18.2 Å². The molecule has 2 aromatic rings. The number of carbonyl (C=O) groups is 4. The number of benzene rings is 2. The molecule has 2 aromatic carbocycles. The third kappa shape index (κ3) is 4.58. The summed E-state index contributed by atoms with van der Waals surface area (Å²) >= 11 is 0. The van der Waals surface area contributed by atoms with Gasteiger partial charge in [-0.2, -0.15) is 4.99 Å². The molecule has 4 amide bonds. The Labute approximate surface area is 190 Å². The van der Waals surface area contributed by atoms with Gasteiger partial charge in [-0.1, -0.05) is 24.3 Å². The number of nitrogens with one attached hydrogen (secondary N) is 2. The first-order valence-corrected chi connectivity index (χ1v) is 8.47. The lowest BCUT2D eigenvalue weighted by Crippen LogP contribution is -3.27. The maximum absolute atomic E-state index is 12.5. The first kappa shape index (κ1) is 25.4. The van der Waals surface area contributed by atoms with Crippen LogP contribution in [0.15, 0.2) is 48.5 Å². The van der Waals surface area contributed by atoms with E-state index in [0.717, 1.165) is 10.6 Å². The Balaban J connectivity index is 0.00000150. The lowest BCUT2D eigenvalue weighted by atomic mass is 10.1. The Hall–Kier alpha value is -2.62. The van der Waals surface area contributed by atoms with Crippen molar-refractivity contribution in [2.45, 2.75) is 0 Å². The minimum Gasteiger partial charge on any atom is -1.00 e. The van der Waals surface area contributed by atoms with Gasteiger partial charge in [0.05, 0.1) is 11.1 Å². The van der Waals surface area contributed by atoms with Crippen molar-refractivity contribution in [2.75, 3.05) is 13.2 Å². The van der Waals surface area contributed by atoms with Gasteiger partial charge in [-0.15, -0.1) is 4.90 Å². The Bertz CT molecular complexity index is 993. The van der Waals surface area contributed by atoms with Crippen LogP contribution in [0.4, 0.5) is 5.69 Å². The number of nitrogens with two attached hydrogens (primary N) is 1. The van der Waals surface area contributed by atoms with Crippen LogP contribution >= 0.6 is 0 Å². The quantitative estimate of drug-likeness (QED) is 0.385. The van der Waals surface area contributed by atoms with Crippen LogP contribution in [-0.2, 0) is 4.79 Å². The van der Waals surface area contributed by atoms with Gasteiger partial charge in [0.25, 0.3) is 11.8 Å². The van der Waals surface area contributed by atoms with Crippen LogP contribution in [0.2, 0.25) is 0 Å². The van der Waals surface area contributed by atoms with E-state index in [-0.39, 0.29) is 56.3 Å². The van der Waals surface area contributed by atoms with Gasteiger partial charge in [-0.05, 0) is 18.2 Å². The molecule has 1 unspecified atom stereocenters. The number of hydrogen-bond acceptors (Lipinski definition) is 4. The molecular formula is C19H17Cl3N4O4. The van der Waals surface area contributed by atoms with Crippen molar-refractivity contribution in [2.24, 2.45) is 0 Å². The second kappa shape index (κ2) is 10.4. The number of quaternary nitrogens is 2. The number of nitrogens with zero attached hydrogens (tertiary/aromatic N) is 1. The number of primary amides is 1. The molecule has 1 atom stereocenters. The second-order valence-electron chi connectivity index (χ2n) is 6.31.